The lowest BCUT2D eigenvalue weighted by Gasteiger charge is -2.40. The number of hydrogen-bond acceptors (Lipinski definition) is 5. The first-order chi connectivity index (χ1) is 12.2. The minimum atomic E-state index is -0.418. The minimum Gasteiger partial charge on any atom is -0.360 e. The lowest BCUT2D eigenvalue weighted by atomic mass is 10.0. The Bertz CT molecular complexity index is 623. The molecule has 3 heterocycles. The van der Waals surface area contributed by atoms with Gasteiger partial charge in [0.1, 0.15) is 0 Å². The molecule has 2 saturated heterocycles. The van der Waals surface area contributed by atoms with Gasteiger partial charge in [0.2, 0.25) is 5.91 Å². The fraction of sp³-hybridized carbons (Fsp3) is 0.632. The third-order valence-corrected chi connectivity index (χ3v) is 6.81. The summed E-state index contributed by atoms with van der Waals surface area (Å²) in [5.74, 6) is -0.206. The Balaban J connectivity index is 1.41. The summed E-state index contributed by atoms with van der Waals surface area (Å²) in [7, 11) is 0. The smallest absolute Gasteiger partial charge is 0.242 e. The summed E-state index contributed by atoms with van der Waals surface area (Å²) in [6, 6.07) is 8.43. The van der Waals surface area contributed by atoms with Gasteiger partial charge in [-0.2, -0.15) is 0 Å². The van der Waals surface area contributed by atoms with Crippen LogP contribution in [-0.4, -0.2) is 61.2 Å². The molecule has 6 heteroatoms. The van der Waals surface area contributed by atoms with Gasteiger partial charge in [-0.1, -0.05) is 19.1 Å². The molecule has 1 aromatic carbocycles. The Morgan fingerprint density at radius 3 is 2.68 bits per heavy atom. The molecule has 1 spiro atoms. The number of piperidine rings is 1. The average molecular weight is 362 g/mol. The van der Waals surface area contributed by atoms with E-state index in [9.17, 15) is 4.79 Å². The standard InChI is InChI=1S/C19H26N2O3S/c1-2-15-13-21(16-5-3-4-6-17(16)25-15)14-18(22)20-9-7-19(8-10-20)23-11-12-24-19/h3-6,15H,2,7-14H2,1H3/t15-/m0/s1. The van der Waals surface area contributed by atoms with Crippen LogP contribution in [0, 0.1) is 0 Å². The highest BCUT2D eigenvalue weighted by Gasteiger charge is 2.41. The van der Waals surface area contributed by atoms with E-state index in [1.165, 1.54) is 10.6 Å². The third-order valence-electron chi connectivity index (χ3n) is 5.40. The molecular weight excluding hydrogens is 336 g/mol. The first-order valence-corrected chi connectivity index (χ1v) is 10.1. The molecule has 0 bridgehead atoms. The lowest BCUT2D eigenvalue weighted by molar-refractivity contribution is -0.187. The molecular formula is C19H26N2O3S. The molecule has 0 N–H and O–H groups in total. The van der Waals surface area contributed by atoms with Crippen LogP contribution >= 0.6 is 11.8 Å². The van der Waals surface area contributed by atoms with Crippen LogP contribution in [0.5, 0.6) is 0 Å². The zero-order valence-corrected chi connectivity index (χ0v) is 15.6. The fourth-order valence-corrected chi connectivity index (χ4v) is 5.14. The van der Waals surface area contributed by atoms with Crippen LogP contribution in [0.2, 0.25) is 0 Å². The van der Waals surface area contributed by atoms with Gasteiger partial charge in [0.15, 0.2) is 5.79 Å². The van der Waals surface area contributed by atoms with Crippen molar-refractivity contribution >= 4 is 23.4 Å². The van der Waals surface area contributed by atoms with Gasteiger partial charge in [-0.25, -0.2) is 0 Å². The molecule has 0 unspecified atom stereocenters. The SMILES string of the molecule is CC[C@H]1CN(CC(=O)N2CCC3(CC2)OCCO3)c2ccccc2S1. The topological polar surface area (TPSA) is 42.0 Å². The summed E-state index contributed by atoms with van der Waals surface area (Å²) in [4.78, 5) is 18.4. The van der Waals surface area contributed by atoms with Crippen molar-refractivity contribution in [3.05, 3.63) is 24.3 Å². The summed E-state index contributed by atoms with van der Waals surface area (Å²) in [5.41, 5.74) is 1.20. The monoisotopic (exact) mass is 362 g/mol. The second-order valence-electron chi connectivity index (χ2n) is 6.98. The number of likely N-dealkylation sites (tertiary alicyclic amines) is 1. The molecule has 0 aromatic heterocycles. The molecule has 136 valence electrons. The first kappa shape index (κ1) is 17.2. The Hall–Kier alpha value is -1.24. The molecule has 1 atom stereocenters. The number of benzene rings is 1. The van der Waals surface area contributed by atoms with Crippen molar-refractivity contribution in [2.24, 2.45) is 0 Å². The number of carbonyl (C=O) groups is 1. The van der Waals surface area contributed by atoms with Crippen LogP contribution in [0.15, 0.2) is 29.2 Å². The second kappa shape index (κ2) is 7.17. The van der Waals surface area contributed by atoms with Crippen molar-refractivity contribution in [1.29, 1.82) is 0 Å². The van der Waals surface area contributed by atoms with E-state index in [0.717, 1.165) is 38.9 Å². The fourth-order valence-electron chi connectivity index (χ4n) is 3.89. The van der Waals surface area contributed by atoms with E-state index in [0.29, 0.717) is 25.0 Å². The molecule has 0 radical (unpaired) electrons. The van der Waals surface area contributed by atoms with Crippen LogP contribution in [0.1, 0.15) is 26.2 Å². The Morgan fingerprint density at radius 1 is 1.24 bits per heavy atom. The van der Waals surface area contributed by atoms with E-state index in [1.807, 2.05) is 16.7 Å². The van der Waals surface area contributed by atoms with E-state index in [2.05, 4.69) is 36.1 Å². The van der Waals surface area contributed by atoms with Gasteiger partial charge >= 0.3 is 0 Å². The molecule has 25 heavy (non-hydrogen) atoms. The summed E-state index contributed by atoms with van der Waals surface area (Å²) < 4.78 is 11.5. The maximum atomic E-state index is 12.9. The Kier molecular flexibility index (Phi) is 4.93. The van der Waals surface area contributed by atoms with Gasteiger partial charge in [0.25, 0.3) is 0 Å². The number of thioether (sulfide) groups is 1. The highest BCUT2D eigenvalue weighted by atomic mass is 32.2. The Labute approximate surface area is 153 Å². The van der Waals surface area contributed by atoms with Crippen LogP contribution in [0.25, 0.3) is 0 Å². The second-order valence-corrected chi connectivity index (χ2v) is 8.33. The molecule has 0 aliphatic carbocycles. The van der Waals surface area contributed by atoms with E-state index in [1.54, 1.807) is 0 Å². The normalized spacial score (nSPS) is 25.2. The van der Waals surface area contributed by atoms with Crippen molar-refractivity contribution in [2.45, 2.75) is 42.1 Å². The molecule has 5 nitrogen and oxygen atoms in total. The number of para-hydroxylation sites is 1. The molecule has 3 aliphatic heterocycles. The number of ether oxygens (including phenoxy) is 2. The van der Waals surface area contributed by atoms with Crippen molar-refractivity contribution in [3.63, 3.8) is 0 Å². The van der Waals surface area contributed by atoms with Crippen LogP contribution in [0.4, 0.5) is 5.69 Å². The quantitative estimate of drug-likeness (QED) is 0.827. The summed E-state index contributed by atoms with van der Waals surface area (Å²) in [6.45, 7) is 6.41. The van der Waals surface area contributed by atoms with Gasteiger partial charge < -0.3 is 19.3 Å². The third kappa shape index (κ3) is 3.52. The van der Waals surface area contributed by atoms with E-state index >= 15 is 0 Å². The molecule has 1 amide bonds. The Morgan fingerprint density at radius 2 is 1.96 bits per heavy atom. The van der Waals surface area contributed by atoms with Crippen LogP contribution in [0.3, 0.4) is 0 Å². The predicted octanol–water partition coefficient (Wildman–Crippen LogP) is 2.74. The molecule has 3 aliphatic rings. The van der Waals surface area contributed by atoms with Gasteiger partial charge in [-0.3, -0.25) is 4.79 Å². The number of nitrogens with zero attached hydrogens (tertiary/aromatic N) is 2. The van der Waals surface area contributed by atoms with Gasteiger partial charge in [0, 0.05) is 42.6 Å². The number of hydrogen-bond donors (Lipinski definition) is 0. The van der Waals surface area contributed by atoms with Crippen LogP contribution < -0.4 is 4.90 Å². The van der Waals surface area contributed by atoms with Gasteiger partial charge in [-0.15, -0.1) is 11.8 Å². The summed E-state index contributed by atoms with van der Waals surface area (Å²) in [6.07, 6.45) is 2.68. The zero-order chi connectivity index (χ0) is 17.3. The first-order valence-electron chi connectivity index (χ1n) is 9.25. The zero-order valence-electron chi connectivity index (χ0n) is 14.8. The molecule has 2 fully saturated rings. The van der Waals surface area contributed by atoms with Crippen LogP contribution in [-0.2, 0) is 14.3 Å². The number of rotatable bonds is 3. The van der Waals surface area contributed by atoms with Crippen molar-refractivity contribution in [1.82, 2.24) is 4.90 Å². The number of anilines is 1. The van der Waals surface area contributed by atoms with Crippen molar-refractivity contribution in [2.75, 3.05) is 44.3 Å². The molecule has 0 saturated carbocycles. The molecule has 4 rings (SSSR count). The van der Waals surface area contributed by atoms with Crippen molar-refractivity contribution in [3.8, 4) is 0 Å². The summed E-state index contributed by atoms with van der Waals surface area (Å²) >= 11 is 1.94. The predicted molar refractivity (Wildman–Crippen MR) is 99.0 cm³/mol. The minimum absolute atomic E-state index is 0.212. The van der Waals surface area contributed by atoms with Gasteiger partial charge in [-0.05, 0) is 18.6 Å². The lowest BCUT2D eigenvalue weighted by Crippen LogP contribution is -2.50. The van der Waals surface area contributed by atoms with E-state index in [4.69, 9.17) is 9.47 Å². The highest BCUT2D eigenvalue weighted by molar-refractivity contribution is 8.00. The van der Waals surface area contributed by atoms with Crippen molar-refractivity contribution < 1.29 is 14.3 Å². The molecule has 1 aromatic rings. The summed E-state index contributed by atoms with van der Waals surface area (Å²) in [5, 5.41) is 0.549. The van der Waals surface area contributed by atoms with Gasteiger partial charge in [0.05, 0.1) is 25.4 Å². The average Bonchev–Trinajstić information content (AvgIpc) is 3.10. The largest absolute Gasteiger partial charge is 0.360 e. The number of carbonyl (C=O) groups excluding carboxylic acids is 1. The maximum absolute atomic E-state index is 12.9. The van der Waals surface area contributed by atoms with E-state index < -0.39 is 5.79 Å². The number of amides is 1. The maximum Gasteiger partial charge on any atom is 0.242 e. The van der Waals surface area contributed by atoms with E-state index in [-0.39, 0.29) is 5.91 Å². The number of fused-ring (bicyclic) bond motifs is 1. The highest BCUT2D eigenvalue weighted by Crippen LogP contribution is 2.39.